The summed E-state index contributed by atoms with van der Waals surface area (Å²) in [6.45, 7) is 6.30. The van der Waals surface area contributed by atoms with E-state index in [9.17, 15) is 0 Å². The summed E-state index contributed by atoms with van der Waals surface area (Å²) in [5.41, 5.74) is 1.39. The van der Waals surface area contributed by atoms with E-state index in [0.29, 0.717) is 6.04 Å². The van der Waals surface area contributed by atoms with Gasteiger partial charge >= 0.3 is 0 Å². The van der Waals surface area contributed by atoms with Crippen molar-refractivity contribution in [1.29, 1.82) is 0 Å². The molecule has 1 N–H and O–H groups in total. The molecule has 1 fully saturated rings. The van der Waals surface area contributed by atoms with Crippen LogP contribution < -0.4 is 5.32 Å². The Morgan fingerprint density at radius 3 is 2.79 bits per heavy atom. The molecule has 0 saturated heterocycles. The monoisotopic (exact) mass is 265 g/mol. The first kappa shape index (κ1) is 14.5. The summed E-state index contributed by atoms with van der Waals surface area (Å²) in [4.78, 5) is 0. The van der Waals surface area contributed by atoms with E-state index in [0.717, 1.165) is 25.9 Å². The van der Waals surface area contributed by atoms with Gasteiger partial charge in [0.25, 0.3) is 0 Å². The molecule has 0 radical (unpaired) electrons. The van der Waals surface area contributed by atoms with Gasteiger partial charge in [-0.05, 0) is 38.6 Å². The van der Waals surface area contributed by atoms with Crippen LogP contribution in [0, 0.1) is 0 Å². The Hall–Kier alpha value is -0.870. The zero-order valence-corrected chi connectivity index (χ0v) is 12.5. The van der Waals surface area contributed by atoms with E-state index in [-0.39, 0.29) is 5.60 Å². The summed E-state index contributed by atoms with van der Waals surface area (Å²) in [5, 5.41) is 8.02. The quantitative estimate of drug-likeness (QED) is 0.785. The second-order valence-electron chi connectivity index (χ2n) is 5.59. The highest BCUT2D eigenvalue weighted by molar-refractivity contribution is 5.12. The van der Waals surface area contributed by atoms with Crippen LogP contribution in [0.2, 0.25) is 0 Å². The molecule has 1 atom stereocenters. The standard InChI is InChI=1S/C15H27N3O/c1-4-9-18-12-13(11-17-18)14(16-5-2)10-15(19-3)7-6-8-15/h11-12,14,16H,4-10H2,1-3H3. The molecule has 1 aromatic rings. The summed E-state index contributed by atoms with van der Waals surface area (Å²) in [6, 6.07) is 0.357. The normalized spacial score (nSPS) is 19.1. The third kappa shape index (κ3) is 3.37. The average Bonchev–Trinajstić information content (AvgIpc) is 2.81. The fourth-order valence-electron chi connectivity index (χ4n) is 2.90. The Morgan fingerprint density at radius 1 is 1.47 bits per heavy atom. The van der Waals surface area contributed by atoms with Gasteiger partial charge in [-0.1, -0.05) is 13.8 Å². The third-order valence-electron chi connectivity index (χ3n) is 4.23. The van der Waals surface area contributed by atoms with Crippen molar-refractivity contribution in [2.24, 2.45) is 0 Å². The van der Waals surface area contributed by atoms with Gasteiger partial charge in [0.1, 0.15) is 0 Å². The van der Waals surface area contributed by atoms with Crippen molar-refractivity contribution in [3.8, 4) is 0 Å². The van der Waals surface area contributed by atoms with Crippen molar-refractivity contribution in [2.45, 2.75) is 64.1 Å². The summed E-state index contributed by atoms with van der Waals surface area (Å²) in [7, 11) is 1.85. The van der Waals surface area contributed by atoms with Crippen LogP contribution in [0.1, 0.15) is 57.6 Å². The smallest absolute Gasteiger partial charge is 0.0697 e. The number of aryl methyl sites for hydroxylation is 1. The predicted molar refractivity (Wildman–Crippen MR) is 77.1 cm³/mol. The zero-order valence-electron chi connectivity index (χ0n) is 12.5. The lowest BCUT2D eigenvalue weighted by atomic mass is 9.75. The molecule has 0 bridgehead atoms. The van der Waals surface area contributed by atoms with Crippen molar-refractivity contribution < 1.29 is 4.74 Å². The summed E-state index contributed by atoms with van der Waals surface area (Å²) >= 11 is 0. The number of methoxy groups -OCH3 is 1. The van der Waals surface area contributed by atoms with Gasteiger partial charge in [-0.2, -0.15) is 5.10 Å². The first-order valence-electron chi connectivity index (χ1n) is 7.54. The van der Waals surface area contributed by atoms with Crippen LogP contribution in [0.25, 0.3) is 0 Å². The van der Waals surface area contributed by atoms with Crippen LogP contribution in [0.3, 0.4) is 0 Å². The molecular weight excluding hydrogens is 238 g/mol. The lowest BCUT2D eigenvalue weighted by molar-refractivity contribution is -0.0837. The van der Waals surface area contributed by atoms with E-state index in [4.69, 9.17) is 4.74 Å². The Kier molecular flexibility index (Phi) is 4.99. The maximum Gasteiger partial charge on any atom is 0.0697 e. The Balaban J connectivity index is 2.05. The molecule has 1 aliphatic rings. The van der Waals surface area contributed by atoms with Gasteiger partial charge in [0.15, 0.2) is 0 Å². The molecule has 1 aromatic heterocycles. The van der Waals surface area contributed by atoms with Crippen molar-refractivity contribution in [3.05, 3.63) is 18.0 Å². The topological polar surface area (TPSA) is 39.1 Å². The van der Waals surface area contributed by atoms with Crippen LogP contribution in [-0.4, -0.2) is 29.0 Å². The molecule has 0 aliphatic heterocycles. The Bertz CT molecular complexity index is 379. The van der Waals surface area contributed by atoms with Gasteiger partial charge in [0.2, 0.25) is 0 Å². The number of hydrogen-bond acceptors (Lipinski definition) is 3. The van der Waals surface area contributed by atoms with Crippen molar-refractivity contribution in [2.75, 3.05) is 13.7 Å². The highest BCUT2D eigenvalue weighted by atomic mass is 16.5. The van der Waals surface area contributed by atoms with Crippen LogP contribution >= 0.6 is 0 Å². The van der Waals surface area contributed by atoms with Crippen molar-refractivity contribution in [3.63, 3.8) is 0 Å². The number of ether oxygens (including phenoxy) is 1. The highest BCUT2D eigenvalue weighted by Gasteiger charge is 2.39. The zero-order chi connectivity index (χ0) is 13.7. The van der Waals surface area contributed by atoms with E-state index in [1.807, 2.05) is 18.0 Å². The van der Waals surface area contributed by atoms with Crippen LogP contribution in [0.5, 0.6) is 0 Å². The van der Waals surface area contributed by atoms with Gasteiger partial charge in [0.05, 0.1) is 11.8 Å². The minimum Gasteiger partial charge on any atom is -0.378 e. The lowest BCUT2D eigenvalue weighted by Crippen LogP contribution is -2.42. The summed E-state index contributed by atoms with van der Waals surface area (Å²) in [6.07, 6.45) is 10.0. The Labute approximate surface area is 116 Å². The molecule has 0 aromatic carbocycles. The van der Waals surface area contributed by atoms with E-state index < -0.39 is 0 Å². The molecule has 19 heavy (non-hydrogen) atoms. The van der Waals surface area contributed by atoms with E-state index >= 15 is 0 Å². The molecule has 108 valence electrons. The molecule has 1 aliphatic carbocycles. The van der Waals surface area contributed by atoms with Gasteiger partial charge in [-0.3, -0.25) is 4.68 Å². The molecule has 1 unspecified atom stereocenters. The lowest BCUT2D eigenvalue weighted by Gasteiger charge is -2.42. The van der Waals surface area contributed by atoms with Gasteiger partial charge in [-0.15, -0.1) is 0 Å². The van der Waals surface area contributed by atoms with Gasteiger partial charge in [-0.25, -0.2) is 0 Å². The van der Waals surface area contributed by atoms with Crippen LogP contribution in [-0.2, 0) is 11.3 Å². The number of rotatable bonds is 8. The minimum atomic E-state index is 0.0969. The molecule has 0 amide bonds. The van der Waals surface area contributed by atoms with E-state index in [1.54, 1.807) is 0 Å². The average molecular weight is 265 g/mol. The highest BCUT2D eigenvalue weighted by Crippen LogP contribution is 2.41. The van der Waals surface area contributed by atoms with E-state index in [1.165, 1.54) is 24.8 Å². The number of nitrogens with zero attached hydrogens (tertiary/aromatic N) is 2. The predicted octanol–water partition coefficient (Wildman–Crippen LogP) is 2.90. The molecule has 2 rings (SSSR count). The third-order valence-corrected chi connectivity index (χ3v) is 4.23. The van der Waals surface area contributed by atoms with Crippen molar-refractivity contribution >= 4 is 0 Å². The summed E-state index contributed by atoms with van der Waals surface area (Å²) in [5.74, 6) is 0. The van der Waals surface area contributed by atoms with Crippen LogP contribution in [0.4, 0.5) is 0 Å². The molecule has 4 heteroatoms. The minimum absolute atomic E-state index is 0.0969. The van der Waals surface area contributed by atoms with E-state index in [2.05, 4.69) is 30.5 Å². The van der Waals surface area contributed by atoms with Gasteiger partial charge in [0, 0.05) is 31.5 Å². The largest absolute Gasteiger partial charge is 0.378 e. The number of nitrogens with one attached hydrogen (secondary N) is 1. The van der Waals surface area contributed by atoms with Crippen molar-refractivity contribution in [1.82, 2.24) is 15.1 Å². The number of aromatic nitrogens is 2. The Morgan fingerprint density at radius 2 is 2.26 bits per heavy atom. The first-order chi connectivity index (χ1) is 9.23. The molecule has 0 spiro atoms. The fourth-order valence-corrected chi connectivity index (χ4v) is 2.90. The fraction of sp³-hybridized carbons (Fsp3) is 0.800. The first-order valence-corrected chi connectivity index (χ1v) is 7.54. The SMILES string of the molecule is CCCn1cc(C(CC2(OC)CCC2)NCC)cn1. The molecule has 1 saturated carbocycles. The maximum atomic E-state index is 5.76. The summed E-state index contributed by atoms with van der Waals surface area (Å²) < 4.78 is 7.80. The number of hydrogen-bond donors (Lipinski definition) is 1. The second kappa shape index (κ2) is 6.53. The molecule has 4 nitrogen and oxygen atoms in total. The second-order valence-corrected chi connectivity index (χ2v) is 5.59. The maximum absolute atomic E-state index is 5.76. The molecule has 1 heterocycles. The molecular formula is C15H27N3O. The van der Waals surface area contributed by atoms with Gasteiger partial charge < -0.3 is 10.1 Å². The van der Waals surface area contributed by atoms with Crippen LogP contribution in [0.15, 0.2) is 12.4 Å².